The van der Waals surface area contributed by atoms with Gasteiger partial charge in [-0.1, -0.05) is 103 Å². The molecule has 0 atom stereocenters. The molecule has 0 saturated heterocycles. The summed E-state index contributed by atoms with van der Waals surface area (Å²) in [4.78, 5) is 10.3. The number of fused-ring (bicyclic) bond motifs is 8. The van der Waals surface area contributed by atoms with Crippen molar-refractivity contribution in [2.45, 2.75) is 0 Å². The fraction of sp³-hybridized carbons (Fsp3) is 0. The standard InChI is InChI=1S/C42H26N4/c1-2-11-29-25-31(19-17-27(29)9-1)45-37-15-7-6-14-34(37)36-21-22-40(44-42(36)45)46-38-16-8-5-13-33(38)35-20-18-30(26-39(35)46)41-32-12-4-3-10-28(32)23-24-43-41/h1-26H. The van der Waals surface area contributed by atoms with Crippen molar-refractivity contribution in [2.75, 3.05) is 0 Å². The first-order valence-electron chi connectivity index (χ1n) is 15.6. The van der Waals surface area contributed by atoms with Crippen LogP contribution >= 0.6 is 0 Å². The van der Waals surface area contributed by atoms with Gasteiger partial charge in [0.15, 0.2) is 0 Å². The second kappa shape index (κ2) is 9.62. The third-order valence-corrected chi connectivity index (χ3v) is 9.35. The fourth-order valence-corrected chi connectivity index (χ4v) is 7.25. The van der Waals surface area contributed by atoms with E-state index in [0.717, 1.165) is 55.7 Å². The van der Waals surface area contributed by atoms with Crippen molar-refractivity contribution in [1.82, 2.24) is 19.1 Å². The van der Waals surface area contributed by atoms with Gasteiger partial charge in [0.25, 0.3) is 0 Å². The highest BCUT2D eigenvalue weighted by Gasteiger charge is 2.18. The van der Waals surface area contributed by atoms with E-state index in [2.05, 4.69) is 161 Å². The van der Waals surface area contributed by atoms with E-state index in [1.54, 1.807) is 0 Å². The summed E-state index contributed by atoms with van der Waals surface area (Å²) in [5, 5.41) is 9.48. The molecule has 0 amide bonds. The van der Waals surface area contributed by atoms with Gasteiger partial charge in [0, 0.05) is 44.4 Å². The highest BCUT2D eigenvalue weighted by molar-refractivity contribution is 6.12. The molecule has 4 heterocycles. The minimum atomic E-state index is 0.881. The lowest BCUT2D eigenvalue weighted by Crippen LogP contribution is -2.01. The summed E-state index contributed by atoms with van der Waals surface area (Å²) < 4.78 is 4.61. The number of aromatic nitrogens is 4. The number of para-hydroxylation sites is 2. The minimum absolute atomic E-state index is 0.881. The van der Waals surface area contributed by atoms with E-state index in [-0.39, 0.29) is 0 Å². The van der Waals surface area contributed by atoms with Gasteiger partial charge >= 0.3 is 0 Å². The Labute approximate surface area is 264 Å². The van der Waals surface area contributed by atoms with Gasteiger partial charge < -0.3 is 0 Å². The molecule has 0 spiro atoms. The van der Waals surface area contributed by atoms with Gasteiger partial charge in [-0.25, -0.2) is 4.98 Å². The molecular weight excluding hydrogens is 560 g/mol. The van der Waals surface area contributed by atoms with Crippen LogP contribution in [0.4, 0.5) is 0 Å². The van der Waals surface area contributed by atoms with Crippen LogP contribution in [0.15, 0.2) is 158 Å². The highest BCUT2D eigenvalue weighted by atomic mass is 15.1. The summed E-state index contributed by atoms with van der Waals surface area (Å²) in [5.41, 5.74) is 7.47. The molecule has 0 saturated carbocycles. The average molecular weight is 587 g/mol. The molecule has 0 aliphatic rings. The summed E-state index contributed by atoms with van der Waals surface area (Å²) >= 11 is 0. The summed E-state index contributed by atoms with van der Waals surface area (Å²) in [7, 11) is 0. The molecule has 0 aliphatic heterocycles. The molecule has 4 heteroatoms. The van der Waals surface area contributed by atoms with Crippen LogP contribution in [0.5, 0.6) is 0 Å². The van der Waals surface area contributed by atoms with Crippen molar-refractivity contribution >= 4 is 65.3 Å². The van der Waals surface area contributed by atoms with Crippen LogP contribution in [0, 0.1) is 0 Å². The lowest BCUT2D eigenvalue weighted by molar-refractivity contribution is 1.06. The zero-order valence-electron chi connectivity index (χ0n) is 24.8. The molecule has 0 N–H and O–H groups in total. The summed E-state index contributed by atoms with van der Waals surface area (Å²) in [6.45, 7) is 0. The number of nitrogens with zero attached hydrogens (tertiary/aromatic N) is 4. The van der Waals surface area contributed by atoms with Crippen molar-refractivity contribution in [3.63, 3.8) is 0 Å². The molecule has 6 aromatic carbocycles. The first-order valence-corrected chi connectivity index (χ1v) is 15.6. The van der Waals surface area contributed by atoms with Crippen LogP contribution in [0.25, 0.3) is 88.0 Å². The van der Waals surface area contributed by atoms with Gasteiger partial charge in [-0.2, -0.15) is 0 Å². The van der Waals surface area contributed by atoms with E-state index >= 15 is 0 Å². The third kappa shape index (κ3) is 3.61. The van der Waals surface area contributed by atoms with Gasteiger partial charge in [0.1, 0.15) is 11.5 Å². The van der Waals surface area contributed by atoms with Crippen LogP contribution in [0.3, 0.4) is 0 Å². The van der Waals surface area contributed by atoms with E-state index in [1.807, 2.05) is 6.20 Å². The van der Waals surface area contributed by atoms with Crippen molar-refractivity contribution < 1.29 is 0 Å². The van der Waals surface area contributed by atoms with Crippen LogP contribution in [0.2, 0.25) is 0 Å². The number of pyridine rings is 2. The topological polar surface area (TPSA) is 35.6 Å². The Kier molecular flexibility index (Phi) is 5.25. The molecule has 0 radical (unpaired) electrons. The number of hydrogen-bond donors (Lipinski definition) is 0. The maximum atomic E-state index is 5.47. The van der Waals surface area contributed by atoms with Crippen LogP contribution in [-0.4, -0.2) is 19.1 Å². The van der Waals surface area contributed by atoms with E-state index in [9.17, 15) is 0 Å². The summed E-state index contributed by atoms with van der Waals surface area (Å²) in [6.07, 6.45) is 1.90. The fourth-order valence-electron chi connectivity index (χ4n) is 7.25. The lowest BCUT2D eigenvalue weighted by Gasteiger charge is -2.11. The number of hydrogen-bond acceptors (Lipinski definition) is 2. The Bertz CT molecular complexity index is 2810. The zero-order chi connectivity index (χ0) is 30.2. The second-order valence-electron chi connectivity index (χ2n) is 11.9. The molecule has 4 aromatic heterocycles. The predicted molar refractivity (Wildman–Crippen MR) is 191 cm³/mol. The Morgan fingerprint density at radius 3 is 1.91 bits per heavy atom. The van der Waals surface area contributed by atoms with Gasteiger partial charge in [-0.05, 0) is 64.7 Å². The largest absolute Gasteiger partial charge is 0.294 e. The number of rotatable bonds is 3. The molecule has 0 bridgehead atoms. The molecule has 10 aromatic rings. The average Bonchev–Trinajstić information content (AvgIpc) is 3.63. The van der Waals surface area contributed by atoms with Crippen molar-refractivity contribution in [3.05, 3.63) is 158 Å². The quantitative estimate of drug-likeness (QED) is 0.206. The van der Waals surface area contributed by atoms with Crippen LogP contribution in [-0.2, 0) is 0 Å². The Balaban J connectivity index is 1.26. The molecule has 214 valence electrons. The zero-order valence-corrected chi connectivity index (χ0v) is 24.8. The van der Waals surface area contributed by atoms with Crippen LogP contribution in [0.1, 0.15) is 0 Å². The molecular formula is C42H26N4. The SMILES string of the molecule is c1ccc2cc(-n3c4ccccc4c4ccc(-n5c6ccccc6c6ccc(-c7nccc8ccccc78)cc65)nc43)ccc2c1. The normalized spacial score (nSPS) is 11.9. The first-order chi connectivity index (χ1) is 22.8. The molecule has 4 nitrogen and oxygen atoms in total. The Morgan fingerprint density at radius 1 is 0.413 bits per heavy atom. The predicted octanol–water partition coefficient (Wildman–Crippen LogP) is 10.6. The van der Waals surface area contributed by atoms with E-state index in [1.165, 1.54) is 32.3 Å². The molecule has 10 rings (SSSR count). The smallest absolute Gasteiger partial charge is 0.148 e. The molecule has 0 fully saturated rings. The Morgan fingerprint density at radius 2 is 1.07 bits per heavy atom. The van der Waals surface area contributed by atoms with Crippen molar-refractivity contribution in [3.8, 4) is 22.8 Å². The third-order valence-electron chi connectivity index (χ3n) is 9.35. The maximum absolute atomic E-state index is 5.47. The highest BCUT2D eigenvalue weighted by Crippen LogP contribution is 2.37. The van der Waals surface area contributed by atoms with Gasteiger partial charge in [0.2, 0.25) is 0 Å². The maximum Gasteiger partial charge on any atom is 0.148 e. The minimum Gasteiger partial charge on any atom is -0.294 e. The van der Waals surface area contributed by atoms with Crippen LogP contribution < -0.4 is 0 Å². The first kappa shape index (κ1) is 25.1. The molecule has 46 heavy (non-hydrogen) atoms. The van der Waals surface area contributed by atoms with Gasteiger partial charge in [-0.3, -0.25) is 14.1 Å². The van der Waals surface area contributed by atoms with Crippen molar-refractivity contribution in [2.24, 2.45) is 0 Å². The molecule has 0 aliphatic carbocycles. The van der Waals surface area contributed by atoms with E-state index < -0.39 is 0 Å². The van der Waals surface area contributed by atoms with Crippen molar-refractivity contribution in [1.29, 1.82) is 0 Å². The Hall–Kier alpha value is -6.26. The van der Waals surface area contributed by atoms with Gasteiger partial charge in [0.05, 0.1) is 22.2 Å². The lowest BCUT2D eigenvalue weighted by atomic mass is 10.0. The van der Waals surface area contributed by atoms with Gasteiger partial charge in [-0.15, -0.1) is 0 Å². The summed E-state index contributed by atoms with van der Waals surface area (Å²) in [5.74, 6) is 0.881. The number of benzene rings is 6. The monoisotopic (exact) mass is 586 g/mol. The second-order valence-corrected chi connectivity index (χ2v) is 11.9. The van der Waals surface area contributed by atoms with E-state index in [4.69, 9.17) is 9.97 Å². The molecule has 0 unspecified atom stereocenters. The summed E-state index contributed by atoms with van der Waals surface area (Å²) in [6, 6.07) is 54.0. The van der Waals surface area contributed by atoms with E-state index in [0.29, 0.717) is 0 Å².